The van der Waals surface area contributed by atoms with E-state index in [1.165, 1.54) is 6.08 Å². The summed E-state index contributed by atoms with van der Waals surface area (Å²) >= 11 is 0. The molecule has 0 fully saturated rings. The van der Waals surface area contributed by atoms with Gasteiger partial charge in [-0.3, -0.25) is 0 Å². The number of hydrogen-bond acceptors (Lipinski definition) is 3. The van der Waals surface area contributed by atoms with Crippen LogP contribution in [0.5, 0.6) is 0 Å². The maximum absolute atomic E-state index is 8.25. The normalized spacial score (nSPS) is 9.44. The number of nitrogens with one attached hydrogen (secondary N) is 1. The number of nitrogens with zero attached hydrogens (tertiary/aromatic N) is 1. The lowest BCUT2D eigenvalue weighted by atomic mass is 10.6. The molecule has 0 aliphatic rings. The zero-order valence-corrected chi connectivity index (χ0v) is 5.17. The molecule has 0 bridgehead atoms. The summed E-state index contributed by atoms with van der Waals surface area (Å²) in [5.74, 6) is 0.472. The van der Waals surface area contributed by atoms with Gasteiger partial charge >= 0.3 is 0 Å². The van der Waals surface area contributed by atoms with Crippen molar-refractivity contribution >= 4 is 6.72 Å². The molecule has 0 aromatic rings. The monoisotopic (exact) mass is 126 g/mol. The van der Waals surface area contributed by atoms with Crippen LogP contribution < -0.4 is 5.32 Å². The van der Waals surface area contributed by atoms with E-state index in [4.69, 9.17) is 5.11 Å². The van der Waals surface area contributed by atoms with Crippen LogP contribution >= 0.6 is 0 Å². The Kier molecular flexibility index (Phi) is 4.44. The van der Waals surface area contributed by atoms with Gasteiger partial charge in [0.25, 0.3) is 0 Å². The molecule has 0 spiro atoms. The Morgan fingerprint density at radius 2 is 2.44 bits per heavy atom. The molecule has 0 saturated carbocycles. The van der Waals surface area contributed by atoms with Gasteiger partial charge in [-0.1, -0.05) is 6.58 Å². The van der Waals surface area contributed by atoms with E-state index in [1.54, 1.807) is 6.20 Å². The van der Waals surface area contributed by atoms with Crippen molar-refractivity contribution in [2.24, 2.45) is 4.99 Å². The molecule has 9 heavy (non-hydrogen) atoms. The van der Waals surface area contributed by atoms with Crippen LogP contribution in [-0.2, 0) is 0 Å². The molecular weight excluding hydrogens is 116 g/mol. The van der Waals surface area contributed by atoms with Crippen LogP contribution in [0.1, 0.15) is 0 Å². The third kappa shape index (κ3) is 4.77. The van der Waals surface area contributed by atoms with E-state index in [-0.39, 0.29) is 6.61 Å². The Balaban J connectivity index is 3.37. The van der Waals surface area contributed by atoms with Gasteiger partial charge in [0.15, 0.2) is 0 Å². The van der Waals surface area contributed by atoms with Gasteiger partial charge in [0.2, 0.25) is 0 Å². The Morgan fingerprint density at radius 3 is 2.89 bits per heavy atom. The quantitative estimate of drug-likeness (QED) is 0.530. The maximum Gasteiger partial charge on any atom is 0.121 e. The lowest BCUT2D eigenvalue weighted by molar-refractivity contribution is 0.342. The van der Waals surface area contributed by atoms with E-state index in [0.29, 0.717) is 5.82 Å². The summed E-state index contributed by atoms with van der Waals surface area (Å²) in [6.07, 6.45) is 3.09. The van der Waals surface area contributed by atoms with Crippen molar-refractivity contribution in [3.63, 3.8) is 0 Å². The summed E-state index contributed by atoms with van der Waals surface area (Å²) in [6, 6.07) is 0. The standard InChI is InChI=1S/C6H10N2O/c1-6(7-2)8-4-3-5-9/h3-4,8-9H,1-2,5H2/b4-3-. The average molecular weight is 126 g/mol. The Morgan fingerprint density at radius 1 is 1.78 bits per heavy atom. The smallest absolute Gasteiger partial charge is 0.121 e. The number of aliphatic hydroxyl groups excluding tert-OH is 1. The van der Waals surface area contributed by atoms with E-state index in [9.17, 15) is 0 Å². The van der Waals surface area contributed by atoms with Crippen LogP contribution in [0.25, 0.3) is 0 Å². The molecule has 0 saturated heterocycles. The molecule has 0 aliphatic heterocycles. The van der Waals surface area contributed by atoms with Gasteiger partial charge in [0.1, 0.15) is 5.82 Å². The fraction of sp³-hybridized carbons (Fsp3) is 0.167. The van der Waals surface area contributed by atoms with Gasteiger partial charge in [-0.15, -0.1) is 0 Å². The van der Waals surface area contributed by atoms with Crippen molar-refractivity contribution in [2.75, 3.05) is 6.61 Å². The molecule has 0 atom stereocenters. The molecule has 3 heteroatoms. The molecule has 0 aliphatic carbocycles. The van der Waals surface area contributed by atoms with Crippen LogP contribution in [0.2, 0.25) is 0 Å². The molecule has 0 rings (SSSR count). The molecule has 0 heterocycles. The first-order chi connectivity index (χ1) is 4.31. The Labute approximate surface area is 54.4 Å². The van der Waals surface area contributed by atoms with E-state index in [2.05, 4.69) is 23.6 Å². The maximum atomic E-state index is 8.25. The summed E-state index contributed by atoms with van der Waals surface area (Å²) in [5, 5.41) is 10.9. The number of rotatable bonds is 4. The Hall–Kier alpha value is -1.09. The molecular formula is C6H10N2O. The van der Waals surface area contributed by atoms with Crippen LogP contribution in [-0.4, -0.2) is 18.4 Å². The van der Waals surface area contributed by atoms with E-state index < -0.39 is 0 Å². The number of aliphatic imine (C=N–C) groups is 1. The van der Waals surface area contributed by atoms with Crippen molar-refractivity contribution in [2.45, 2.75) is 0 Å². The first-order valence-corrected chi connectivity index (χ1v) is 2.49. The number of aliphatic hydroxyl groups is 1. The fourth-order valence-electron chi connectivity index (χ4n) is 0.253. The lowest BCUT2D eigenvalue weighted by Gasteiger charge is -1.93. The zero-order chi connectivity index (χ0) is 7.11. The second kappa shape index (κ2) is 5.05. The molecule has 3 nitrogen and oxygen atoms in total. The fourth-order valence-corrected chi connectivity index (χ4v) is 0.253. The Bertz CT molecular complexity index is 129. The summed E-state index contributed by atoms with van der Waals surface area (Å²) in [5.41, 5.74) is 0. The molecule has 50 valence electrons. The molecule has 0 amide bonds. The first-order valence-electron chi connectivity index (χ1n) is 2.49. The van der Waals surface area contributed by atoms with Crippen LogP contribution in [0.3, 0.4) is 0 Å². The summed E-state index contributed by atoms with van der Waals surface area (Å²) in [4.78, 5) is 3.47. The predicted molar refractivity (Wildman–Crippen MR) is 38.1 cm³/mol. The van der Waals surface area contributed by atoms with Gasteiger partial charge in [0.05, 0.1) is 6.61 Å². The van der Waals surface area contributed by atoms with Gasteiger partial charge in [-0.25, -0.2) is 4.99 Å². The van der Waals surface area contributed by atoms with Crippen LogP contribution in [0.4, 0.5) is 0 Å². The third-order valence-electron chi connectivity index (χ3n) is 0.664. The zero-order valence-electron chi connectivity index (χ0n) is 5.17. The summed E-state index contributed by atoms with van der Waals surface area (Å²) in [7, 11) is 0. The van der Waals surface area contributed by atoms with Gasteiger partial charge in [-0.05, 0) is 12.8 Å². The summed E-state index contributed by atoms with van der Waals surface area (Å²) in [6.45, 7) is 6.71. The predicted octanol–water partition coefficient (Wildman–Crippen LogP) is 0.254. The van der Waals surface area contributed by atoms with Crippen LogP contribution in [0.15, 0.2) is 29.7 Å². The SMILES string of the molecule is C=NC(=C)N/C=C\CO. The van der Waals surface area contributed by atoms with Gasteiger partial charge in [-0.2, -0.15) is 0 Å². The molecule has 2 N–H and O–H groups in total. The minimum atomic E-state index is 0.0113. The molecule has 0 radical (unpaired) electrons. The van der Waals surface area contributed by atoms with Gasteiger partial charge < -0.3 is 10.4 Å². The first kappa shape index (κ1) is 7.91. The van der Waals surface area contributed by atoms with Crippen molar-refractivity contribution in [1.29, 1.82) is 0 Å². The van der Waals surface area contributed by atoms with Crippen molar-refractivity contribution in [3.05, 3.63) is 24.7 Å². The number of hydrogen-bond donors (Lipinski definition) is 2. The van der Waals surface area contributed by atoms with E-state index >= 15 is 0 Å². The molecule has 0 unspecified atom stereocenters. The topological polar surface area (TPSA) is 44.6 Å². The molecule has 0 aromatic heterocycles. The second-order valence-corrected chi connectivity index (χ2v) is 1.33. The molecule has 0 aromatic carbocycles. The summed E-state index contributed by atoms with van der Waals surface area (Å²) < 4.78 is 0. The van der Waals surface area contributed by atoms with Crippen molar-refractivity contribution in [3.8, 4) is 0 Å². The highest BCUT2D eigenvalue weighted by molar-refractivity contribution is 5.27. The minimum absolute atomic E-state index is 0.0113. The highest BCUT2D eigenvalue weighted by Crippen LogP contribution is 1.80. The highest BCUT2D eigenvalue weighted by atomic mass is 16.2. The van der Waals surface area contributed by atoms with E-state index in [0.717, 1.165) is 0 Å². The minimum Gasteiger partial charge on any atom is -0.392 e. The van der Waals surface area contributed by atoms with Crippen molar-refractivity contribution in [1.82, 2.24) is 5.32 Å². The second-order valence-electron chi connectivity index (χ2n) is 1.33. The van der Waals surface area contributed by atoms with Gasteiger partial charge in [0, 0.05) is 6.20 Å². The highest BCUT2D eigenvalue weighted by Gasteiger charge is 1.76. The van der Waals surface area contributed by atoms with Crippen LogP contribution in [0, 0.1) is 0 Å². The third-order valence-corrected chi connectivity index (χ3v) is 0.664. The average Bonchev–Trinajstić information content (AvgIpc) is 1.89. The van der Waals surface area contributed by atoms with Crippen molar-refractivity contribution < 1.29 is 5.11 Å². The lowest BCUT2D eigenvalue weighted by Crippen LogP contribution is -1.99. The van der Waals surface area contributed by atoms with E-state index in [1.807, 2.05) is 0 Å². The largest absolute Gasteiger partial charge is 0.392 e.